The fourth-order valence-corrected chi connectivity index (χ4v) is 4.75. The van der Waals surface area contributed by atoms with E-state index < -0.39 is 23.8 Å². The first-order valence-electron chi connectivity index (χ1n) is 12.3. The number of rotatable bonds is 7. The van der Waals surface area contributed by atoms with Gasteiger partial charge in [-0.2, -0.15) is 18.3 Å². The van der Waals surface area contributed by atoms with Gasteiger partial charge in [0.1, 0.15) is 17.1 Å². The van der Waals surface area contributed by atoms with Gasteiger partial charge in [0.25, 0.3) is 5.91 Å². The van der Waals surface area contributed by atoms with Gasteiger partial charge in [0, 0.05) is 18.7 Å². The number of nitrogens with zero attached hydrogens (tertiary/aromatic N) is 3. The molecule has 200 valence electrons. The van der Waals surface area contributed by atoms with Crippen LogP contribution in [0.3, 0.4) is 0 Å². The van der Waals surface area contributed by atoms with Crippen molar-refractivity contribution in [3.05, 3.63) is 107 Å². The molecule has 1 aromatic heterocycles. The van der Waals surface area contributed by atoms with Gasteiger partial charge >= 0.3 is 12.1 Å². The third-order valence-corrected chi connectivity index (χ3v) is 6.71. The van der Waals surface area contributed by atoms with Gasteiger partial charge in [-0.05, 0) is 42.3 Å². The second-order valence-electron chi connectivity index (χ2n) is 9.38. The zero-order chi connectivity index (χ0) is 27.7. The summed E-state index contributed by atoms with van der Waals surface area (Å²) in [6.45, 7) is 2.93. The Bertz CT molecular complexity index is 1520. The van der Waals surface area contributed by atoms with Crippen molar-refractivity contribution >= 4 is 17.7 Å². The Hall–Kier alpha value is -4.60. The highest BCUT2D eigenvalue weighted by Gasteiger charge is 2.34. The molecule has 39 heavy (non-hydrogen) atoms. The number of carbonyl (C=O) groups is 2. The molecule has 1 aliphatic heterocycles. The van der Waals surface area contributed by atoms with E-state index in [0.717, 1.165) is 23.3 Å². The van der Waals surface area contributed by atoms with Gasteiger partial charge in [0.15, 0.2) is 0 Å². The highest BCUT2D eigenvalue weighted by molar-refractivity contribution is 6.05. The highest BCUT2D eigenvalue weighted by Crippen LogP contribution is 2.36. The van der Waals surface area contributed by atoms with Gasteiger partial charge in [-0.25, -0.2) is 9.48 Å². The smallest absolute Gasteiger partial charge is 0.416 e. The molecular weight excluding hydrogens is 509 g/mol. The summed E-state index contributed by atoms with van der Waals surface area (Å²) in [5, 5.41) is 16.9. The molecule has 2 N–H and O–H groups in total. The summed E-state index contributed by atoms with van der Waals surface area (Å²) in [4.78, 5) is 26.8. The minimum atomic E-state index is -4.45. The lowest BCUT2D eigenvalue weighted by atomic mass is 10.0. The van der Waals surface area contributed by atoms with E-state index in [2.05, 4.69) is 5.32 Å². The molecule has 0 saturated carbocycles. The number of fused-ring (bicyclic) bond motifs is 1. The molecule has 3 aromatic carbocycles. The van der Waals surface area contributed by atoms with Crippen molar-refractivity contribution in [1.29, 1.82) is 0 Å². The number of hydrogen-bond acceptors (Lipinski definition) is 4. The van der Waals surface area contributed by atoms with E-state index in [1.54, 1.807) is 29.8 Å². The third kappa shape index (κ3) is 5.36. The van der Waals surface area contributed by atoms with Crippen molar-refractivity contribution in [3.63, 3.8) is 0 Å². The summed E-state index contributed by atoms with van der Waals surface area (Å²) in [5.74, 6) is -0.889. The predicted molar refractivity (Wildman–Crippen MR) is 139 cm³/mol. The van der Waals surface area contributed by atoms with Gasteiger partial charge in [0.05, 0.1) is 23.7 Å². The number of alkyl halides is 3. The topological polar surface area (TPSA) is 87.5 Å². The standard InChI is InChI=1S/C29H25F3N4O3/c1-18(20-10-12-22(13-11-20)28(38)39)33-26(37)24-25(21-7-3-2-4-8-21)34-36-15-14-35(27(24)36)17-19-6-5-9-23(16-19)29(30,31)32/h2-13,16,18H,14-15,17H2,1H3,(H,33,37)(H,38,39)/t18-/m0/s1. The molecule has 5 rings (SSSR count). The van der Waals surface area contributed by atoms with Crippen LogP contribution in [-0.4, -0.2) is 33.3 Å². The van der Waals surface area contributed by atoms with Crippen molar-refractivity contribution in [2.75, 3.05) is 11.4 Å². The monoisotopic (exact) mass is 534 g/mol. The van der Waals surface area contributed by atoms with Crippen molar-refractivity contribution < 1.29 is 27.9 Å². The lowest BCUT2D eigenvalue weighted by molar-refractivity contribution is -0.137. The Labute approximate surface area is 222 Å². The average molecular weight is 535 g/mol. The number of aromatic nitrogens is 2. The lowest BCUT2D eigenvalue weighted by Gasteiger charge is -2.21. The van der Waals surface area contributed by atoms with E-state index in [1.807, 2.05) is 35.2 Å². The maximum absolute atomic E-state index is 13.8. The molecule has 7 nitrogen and oxygen atoms in total. The number of carboxylic acids is 1. The molecule has 0 radical (unpaired) electrons. The molecule has 4 aromatic rings. The van der Waals surface area contributed by atoms with E-state index in [9.17, 15) is 22.8 Å². The van der Waals surface area contributed by atoms with Crippen LogP contribution < -0.4 is 10.2 Å². The van der Waals surface area contributed by atoms with Crippen LogP contribution >= 0.6 is 0 Å². The summed E-state index contributed by atoms with van der Waals surface area (Å²) < 4.78 is 41.6. The second kappa shape index (κ2) is 10.3. The molecule has 10 heteroatoms. The molecule has 2 heterocycles. The molecule has 0 bridgehead atoms. The molecule has 0 aliphatic carbocycles. The number of aromatic carboxylic acids is 1. The summed E-state index contributed by atoms with van der Waals surface area (Å²) >= 11 is 0. The number of hydrogen-bond donors (Lipinski definition) is 2. The molecule has 0 unspecified atom stereocenters. The number of amides is 1. The number of carboxylic acid groups (broad SMARTS) is 1. The van der Waals surface area contributed by atoms with E-state index in [0.29, 0.717) is 35.7 Å². The van der Waals surface area contributed by atoms with Gasteiger partial charge in [-0.15, -0.1) is 0 Å². The summed E-state index contributed by atoms with van der Waals surface area (Å²) in [6, 6.07) is 20.2. The fourth-order valence-electron chi connectivity index (χ4n) is 4.75. The van der Waals surface area contributed by atoms with Crippen molar-refractivity contribution in [1.82, 2.24) is 15.1 Å². The largest absolute Gasteiger partial charge is 0.478 e. The Balaban J connectivity index is 1.49. The molecule has 0 spiro atoms. The Morgan fingerprint density at radius 2 is 1.72 bits per heavy atom. The Kier molecular flexibility index (Phi) is 6.86. The molecule has 1 amide bonds. The highest BCUT2D eigenvalue weighted by atomic mass is 19.4. The minimum absolute atomic E-state index is 0.142. The Morgan fingerprint density at radius 1 is 1.00 bits per heavy atom. The van der Waals surface area contributed by atoms with Crippen LogP contribution in [-0.2, 0) is 19.3 Å². The van der Waals surface area contributed by atoms with Crippen molar-refractivity contribution in [2.45, 2.75) is 32.2 Å². The minimum Gasteiger partial charge on any atom is -0.478 e. The van der Waals surface area contributed by atoms with Crippen LogP contribution in [0, 0.1) is 0 Å². The van der Waals surface area contributed by atoms with Crippen LogP contribution in [0.1, 0.15) is 50.4 Å². The molecule has 0 saturated heterocycles. The second-order valence-corrected chi connectivity index (χ2v) is 9.38. The van der Waals surface area contributed by atoms with E-state index in [1.165, 1.54) is 18.2 Å². The predicted octanol–water partition coefficient (Wildman–Crippen LogP) is 5.78. The number of halogens is 3. The first kappa shape index (κ1) is 26.0. The summed E-state index contributed by atoms with van der Waals surface area (Å²) in [7, 11) is 0. The van der Waals surface area contributed by atoms with Crippen LogP contribution in [0.4, 0.5) is 19.0 Å². The van der Waals surface area contributed by atoms with Crippen molar-refractivity contribution in [3.8, 4) is 11.3 Å². The zero-order valence-corrected chi connectivity index (χ0v) is 20.9. The average Bonchev–Trinajstić information content (AvgIpc) is 3.49. The quantitative estimate of drug-likeness (QED) is 0.314. The van der Waals surface area contributed by atoms with Gasteiger partial charge in [0.2, 0.25) is 0 Å². The molecular formula is C29H25F3N4O3. The SMILES string of the molecule is C[C@H](NC(=O)c1c(-c2ccccc2)nn2c1N(Cc1cccc(C(F)(F)F)c1)CC2)c1ccc(C(=O)O)cc1. The lowest BCUT2D eigenvalue weighted by Crippen LogP contribution is -2.29. The van der Waals surface area contributed by atoms with Crippen molar-refractivity contribution in [2.24, 2.45) is 0 Å². The van der Waals surface area contributed by atoms with Gasteiger partial charge in [-0.1, -0.05) is 54.6 Å². The van der Waals surface area contributed by atoms with E-state index in [4.69, 9.17) is 10.2 Å². The van der Waals surface area contributed by atoms with E-state index in [-0.39, 0.29) is 18.0 Å². The zero-order valence-electron chi connectivity index (χ0n) is 20.9. The molecule has 1 aliphatic rings. The first-order valence-corrected chi connectivity index (χ1v) is 12.3. The van der Waals surface area contributed by atoms with Crippen LogP contribution in [0.25, 0.3) is 11.3 Å². The number of anilines is 1. The van der Waals surface area contributed by atoms with E-state index >= 15 is 0 Å². The number of carbonyl (C=O) groups excluding carboxylic acids is 1. The fraction of sp³-hybridized carbons (Fsp3) is 0.207. The number of nitrogens with one attached hydrogen (secondary N) is 1. The van der Waals surface area contributed by atoms with Crippen LogP contribution in [0.5, 0.6) is 0 Å². The maximum atomic E-state index is 13.8. The first-order chi connectivity index (χ1) is 18.6. The molecule has 0 fully saturated rings. The normalized spacial score (nSPS) is 13.7. The third-order valence-electron chi connectivity index (χ3n) is 6.71. The molecule has 1 atom stereocenters. The maximum Gasteiger partial charge on any atom is 0.416 e. The van der Waals surface area contributed by atoms with Crippen LogP contribution in [0.15, 0.2) is 78.9 Å². The number of benzene rings is 3. The van der Waals surface area contributed by atoms with Gasteiger partial charge in [-0.3, -0.25) is 4.79 Å². The van der Waals surface area contributed by atoms with Gasteiger partial charge < -0.3 is 15.3 Å². The Morgan fingerprint density at radius 3 is 2.38 bits per heavy atom. The summed E-state index contributed by atoms with van der Waals surface area (Å²) in [5.41, 5.74) is 2.16. The summed E-state index contributed by atoms with van der Waals surface area (Å²) in [6.07, 6.45) is -4.45. The van der Waals surface area contributed by atoms with Crippen LogP contribution in [0.2, 0.25) is 0 Å².